The number of aromatic amines is 1. The molecular weight excluding hydrogens is 218 g/mol. The van der Waals surface area contributed by atoms with Crippen molar-refractivity contribution in [3.05, 3.63) is 27.9 Å². The third-order valence-electron chi connectivity index (χ3n) is 1.62. The quantitative estimate of drug-likeness (QED) is 0.789. The minimum absolute atomic E-state index is 0.188. The molecule has 0 unspecified atom stereocenters. The summed E-state index contributed by atoms with van der Waals surface area (Å²) < 4.78 is 0. The number of thioether (sulfide) groups is 1. The Labute approximate surface area is 88.4 Å². The van der Waals surface area contributed by atoms with E-state index in [4.69, 9.17) is 0 Å². The molecule has 0 amide bonds. The first-order valence-electron chi connectivity index (χ1n) is 3.86. The Bertz CT molecular complexity index is 478. The van der Waals surface area contributed by atoms with Gasteiger partial charge in [-0.25, -0.2) is 0 Å². The first-order chi connectivity index (χ1) is 6.81. The Kier molecular flexibility index (Phi) is 2.64. The molecule has 0 spiro atoms. The van der Waals surface area contributed by atoms with Crippen molar-refractivity contribution in [3.8, 4) is 10.6 Å². The molecule has 2 rings (SSSR count). The summed E-state index contributed by atoms with van der Waals surface area (Å²) >= 11 is 2.84. The number of nitrogens with one attached hydrogen (secondary N) is 1. The molecule has 14 heavy (non-hydrogen) atoms. The second kappa shape index (κ2) is 3.93. The van der Waals surface area contributed by atoms with Crippen LogP contribution in [0.25, 0.3) is 10.6 Å². The van der Waals surface area contributed by atoms with Gasteiger partial charge in [0.2, 0.25) is 0 Å². The summed E-state index contributed by atoms with van der Waals surface area (Å²) in [6.45, 7) is 0. The van der Waals surface area contributed by atoms with Crippen LogP contribution in [-0.2, 0) is 0 Å². The first-order valence-corrected chi connectivity index (χ1v) is 5.96. The SMILES string of the molecule is CSc1nnc(-c2cccs2)c(=O)[nH]1. The van der Waals surface area contributed by atoms with E-state index in [1.54, 1.807) is 0 Å². The second-order valence-electron chi connectivity index (χ2n) is 2.49. The van der Waals surface area contributed by atoms with E-state index in [2.05, 4.69) is 15.2 Å². The molecule has 1 N–H and O–H groups in total. The standard InChI is InChI=1S/C8H7N3OS2/c1-13-8-9-7(12)6(10-11-8)5-3-2-4-14-5/h2-4H,1H3,(H,9,11,12). The Hall–Kier alpha value is -1.14. The van der Waals surface area contributed by atoms with Gasteiger partial charge >= 0.3 is 0 Å². The van der Waals surface area contributed by atoms with Gasteiger partial charge in [0.25, 0.3) is 5.56 Å². The maximum atomic E-state index is 11.5. The summed E-state index contributed by atoms with van der Waals surface area (Å²) in [6, 6.07) is 3.73. The lowest BCUT2D eigenvalue weighted by atomic mass is 10.4. The van der Waals surface area contributed by atoms with Gasteiger partial charge in [0.05, 0.1) is 4.88 Å². The summed E-state index contributed by atoms with van der Waals surface area (Å²) in [5.74, 6) is 0. The summed E-state index contributed by atoms with van der Waals surface area (Å²) in [4.78, 5) is 15.0. The smallest absolute Gasteiger partial charge is 0.279 e. The van der Waals surface area contributed by atoms with Gasteiger partial charge in [-0.1, -0.05) is 17.8 Å². The lowest BCUT2D eigenvalue weighted by Crippen LogP contribution is -2.13. The van der Waals surface area contributed by atoms with Gasteiger partial charge in [0.1, 0.15) is 0 Å². The second-order valence-corrected chi connectivity index (χ2v) is 4.23. The summed E-state index contributed by atoms with van der Waals surface area (Å²) in [7, 11) is 0. The first kappa shape index (κ1) is 9.42. The molecule has 0 fully saturated rings. The van der Waals surface area contributed by atoms with Crippen LogP contribution < -0.4 is 5.56 Å². The highest BCUT2D eigenvalue weighted by Crippen LogP contribution is 2.18. The molecule has 0 radical (unpaired) electrons. The van der Waals surface area contributed by atoms with Crippen LogP contribution in [0.2, 0.25) is 0 Å². The molecule has 0 saturated carbocycles. The van der Waals surface area contributed by atoms with Crippen LogP contribution >= 0.6 is 23.1 Å². The average molecular weight is 225 g/mol. The van der Waals surface area contributed by atoms with Crippen molar-refractivity contribution in [2.24, 2.45) is 0 Å². The van der Waals surface area contributed by atoms with Crippen LogP contribution in [0.4, 0.5) is 0 Å². The molecule has 0 bridgehead atoms. The third kappa shape index (κ3) is 1.71. The zero-order chi connectivity index (χ0) is 9.97. The van der Waals surface area contributed by atoms with Gasteiger partial charge < -0.3 is 0 Å². The van der Waals surface area contributed by atoms with Crippen molar-refractivity contribution < 1.29 is 0 Å². The minimum atomic E-state index is -0.188. The number of thiophene rings is 1. The van der Waals surface area contributed by atoms with E-state index in [0.717, 1.165) is 4.88 Å². The van der Waals surface area contributed by atoms with Crippen LogP contribution in [0.1, 0.15) is 0 Å². The highest BCUT2D eigenvalue weighted by molar-refractivity contribution is 7.98. The molecule has 0 aliphatic heterocycles. The normalized spacial score (nSPS) is 10.4. The van der Waals surface area contributed by atoms with E-state index in [1.807, 2.05) is 23.8 Å². The van der Waals surface area contributed by atoms with Gasteiger partial charge in [-0.15, -0.1) is 21.5 Å². The maximum absolute atomic E-state index is 11.5. The monoisotopic (exact) mass is 225 g/mol. The van der Waals surface area contributed by atoms with E-state index in [0.29, 0.717) is 10.9 Å². The van der Waals surface area contributed by atoms with Crippen molar-refractivity contribution in [2.75, 3.05) is 6.26 Å². The van der Waals surface area contributed by atoms with Crippen LogP contribution in [0.5, 0.6) is 0 Å². The molecule has 2 aromatic rings. The fourth-order valence-corrected chi connectivity index (χ4v) is 2.01. The van der Waals surface area contributed by atoms with Gasteiger partial charge in [0, 0.05) is 0 Å². The van der Waals surface area contributed by atoms with Crippen molar-refractivity contribution >= 4 is 23.1 Å². The molecule has 0 aliphatic rings. The molecule has 6 heteroatoms. The number of hydrogen-bond donors (Lipinski definition) is 1. The number of rotatable bonds is 2. The molecule has 72 valence electrons. The molecule has 0 saturated heterocycles. The number of aromatic nitrogens is 3. The summed E-state index contributed by atoms with van der Waals surface area (Å²) in [5, 5.41) is 10.2. The Morgan fingerprint density at radius 1 is 1.50 bits per heavy atom. The third-order valence-corrected chi connectivity index (χ3v) is 3.07. The van der Waals surface area contributed by atoms with E-state index >= 15 is 0 Å². The van der Waals surface area contributed by atoms with Gasteiger partial charge in [0.15, 0.2) is 10.9 Å². The van der Waals surface area contributed by atoms with Crippen molar-refractivity contribution in [1.29, 1.82) is 0 Å². The largest absolute Gasteiger partial charge is 0.298 e. The molecule has 4 nitrogen and oxygen atoms in total. The van der Waals surface area contributed by atoms with E-state index < -0.39 is 0 Å². The van der Waals surface area contributed by atoms with E-state index in [1.165, 1.54) is 23.1 Å². The van der Waals surface area contributed by atoms with E-state index in [9.17, 15) is 4.79 Å². The molecular formula is C8H7N3OS2. The Morgan fingerprint density at radius 3 is 2.93 bits per heavy atom. The van der Waals surface area contributed by atoms with Crippen molar-refractivity contribution in [3.63, 3.8) is 0 Å². The molecule has 2 heterocycles. The predicted octanol–water partition coefficient (Wildman–Crippen LogP) is 1.62. The molecule has 0 aliphatic carbocycles. The predicted molar refractivity (Wildman–Crippen MR) is 57.7 cm³/mol. The topological polar surface area (TPSA) is 58.6 Å². The number of H-pyrrole nitrogens is 1. The van der Waals surface area contributed by atoms with Gasteiger partial charge in [-0.2, -0.15) is 0 Å². The van der Waals surface area contributed by atoms with Crippen LogP contribution in [0.3, 0.4) is 0 Å². The molecule has 2 aromatic heterocycles. The summed E-state index contributed by atoms with van der Waals surface area (Å²) in [5.41, 5.74) is 0.199. The fourth-order valence-electron chi connectivity index (χ4n) is 0.988. The summed E-state index contributed by atoms with van der Waals surface area (Å²) in [6.07, 6.45) is 1.84. The zero-order valence-corrected chi connectivity index (χ0v) is 8.98. The number of hydrogen-bond acceptors (Lipinski definition) is 5. The lowest BCUT2D eigenvalue weighted by Gasteiger charge is -1.96. The van der Waals surface area contributed by atoms with Gasteiger partial charge in [-0.3, -0.25) is 9.78 Å². The van der Waals surface area contributed by atoms with Crippen LogP contribution in [-0.4, -0.2) is 21.4 Å². The highest BCUT2D eigenvalue weighted by atomic mass is 32.2. The zero-order valence-electron chi connectivity index (χ0n) is 7.35. The van der Waals surface area contributed by atoms with Crippen molar-refractivity contribution in [1.82, 2.24) is 15.2 Å². The van der Waals surface area contributed by atoms with E-state index in [-0.39, 0.29) is 5.56 Å². The van der Waals surface area contributed by atoms with Gasteiger partial charge in [-0.05, 0) is 17.7 Å². The lowest BCUT2D eigenvalue weighted by molar-refractivity contribution is 0.827. The van der Waals surface area contributed by atoms with Crippen LogP contribution in [0, 0.1) is 0 Å². The Balaban J connectivity index is 2.51. The average Bonchev–Trinajstić information content (AvgIpc) is 2.70. The Morgan fingerprint density at radius 2 is 2.36 bits per heavy atom. The molecule has 0 atom stereocenters. The van der Waals surface area contributed by atoms with Crippen molar-refractivity contribution in [2.45, 2.75) is 5.16 Å². The highest BCUT2D eigenvalue weighted by Gasteiger charge is 2.07. The van der Waals surface area contributed by atoms with Crippen LogP contribution in [0.15, 0.2) is 27.5 Å². The number of nitrogens with zero attached hydrogens (tertiary/aromatic N) is 2. The minimum Gasteiger partial charge on any atom is -0.298 e. The molecule has 0 aromatic carbocycles. The maximum Gasteiger partial charge on any atom is 0.279 e. The fraction of sp³-hybridized carbons (Fsp3) is 0.125.